The van der Waals surface area contributed by atoms with Crippen molar-refractivity contribution in [2.75, 3.05) is 0 Å². The first-order chi connectivity index (χ1) is 8.10. The molecule has 0 aliphatic heterocycles. The highest BCUT2D eigenvalue weighted by atomic mass is 32.1. The van der Waals surface area contributed by atoms with Crippen molar-refractivity contribution in [2.24, 2.45) is 5.84 Å². The molecular formula is C12H17N3OS. The quantitative estimate of drug-likeness (QED) is 0.647. The molecule has 3 N–H and O–H groups in total. The lowest BCUT2D eigenvalue weighted by molar-refractivity contribution is 0.483. The molecule has 0 saturated carbocycles. The molecule has 2 rings (SSSR count). The fourth-order valence-electron chi connectivity index (χ4n) is 1.97. The Morgan fingerprint density at radius 2 is 2.24 bits per heavy atom. The van der Waals surface area contributed by atoms with Gasteiger partial charge in [-0.15, -0.1) is 11.3 Å². The number of thiazole rings is 1. The van der Waals surface area contributed by atoms with Crippen LogP contribution in [0.4, 0.5) is 0 Å². The summed E-state index contributed by atoms with van der Waals surface area (Å²) in [5.74, 6) is 7.45. The van der Waals surface area contributed by atoms with E-state index in [1.165, 1.54) is 0 Å². The van der Waals surface area contributed by atoms with Gasteiger partial charge in [-0.2, -0.15) is 0 Å². The summed E-state index contributed by atoms with van der Waals surface area (Å²) in [6, 6.07) is 2.08. The Balaban J connectivity index is 2.19. The van der Waals surface area contributed by atoms with Gasteiger partial charge in [0.2, 0.25) is 0 Å². The SMILES string of the molecule is Cc1cc(C(Cc2csc(C)n2)NN)c(C)o1. The van der Waals surface area contributed by atoms with E-state index in [0.717, 1.165) is 34.2 Å². The molecule has 17 heavy (non-hydrogen) atoms. The van der Waals surface area contributed by atoms with Gasteiger partial charge in [-0.25, -0.2) is 4.98 Å². The molecule has 1 unspecified atom stereocenters. The predicted molar refractivity (Wildman–Crippen MR) is 68.8 cm³/mol. The van der Waals surface area contributed by atoms with Crippen molar-refractivity contribution >= 4 is 11.3 Å². The van der Waals surface area contributed by atoms with Crippen LogP contribution in [0, 0.1) is 20.8 Å². The van der Waals surface area contributed by atoms with Crippen LogP contribution in [0.25, 0.3) is 0 Å². The molecule has 0 saturated heterocycles. The normalized spacial score (nSPS) is 12.9. The summed E-state index contributed by atoms with van der Waals surface area (Å²) in [5.41, 5.74) is 5.01. The topological polar surface area (TPSA) is 64.1 Å². The minimum atomic E-state index is 0.0500. The Bertz CT molecular complexity index is 504. The fourth-order valence-corrected chi connectivity index (χ4v) is 2.59. The molecule has 0 aromatic carbocycles. The zero-order valence-corrected chi connectivity index (χ0v) is 11.1. The molecule has 4 nitrogen and oxygen atoms in total. The van der Waals surface area contributed by atoms with Crippen molar-refractivity contribution in [3.63, 3.8) is 0 Å². The van der Waals surface area contributed by atoms with E-state index in [4.69, 9.17) is 10.3 Å². The van der Waals surface area contributed by atoms with Crippen LogP contribution >= 0.6 is 11.3 Å². The standard InChI is InChI=1S/C12H17N3OS/c1-7-4-11(8(2)16-7)12(15-13)5-10-6-17-9(3)14-10/h4,6,12,15H,5,13H2,1-3H3. The van der Waals surface area contributed by atoms with Gasteiger partial charge in [0.1, 0.15) is 11.5 Å². The van der Waals surface area contributed by atoms with Crippen LogP contribution in [0.3, 0.4) is 0 Å². The molecule has 0 radical (unpaired) electrons. The number of aryl methyl sites for hydroxylation is 3. The molecule has 2 heterocycles. The van der Waals surface area contributed by atoms with Gasteiger partial charge in [-0.3, -0.25) is 11.3 Å². The maximum atomic E-state index is 5.62. The molecule has 0 spiro atoms. The summed E-state index contributed by atoms with van der Waals surface area (Å²) in [4.78, 5) is 4.45. The predicted octanol–water partition coefficient (Wildman–Crippen LogP) is 2.41. The van der Waals surface area contributed by atoms with Crippen LogP contribution in [0.5, 0.6) is 0 Å². The highest BCUT2D eigenvalue weighted by Gasteiger charge is 2.17. The highest BCUT2D eigenvalue weighted by Crippen LogP contribution is 2.24. The van der Waals surface area contributed by atoms with E-state index < -0.39 is 0 Å². The third-order valence-electron chi connectivity index (χ3n) is 2.74. The number of aromatic nitrogens is 1. The van der Waals surface area contributed by atoms with Crippen molar-refractivity contribution in [1.82, 2.24) is 10.4 Å². The van der Waals surface area contributed by atoms with Crippen LogP contribution in [-0.2, 0) is 6.42 Å². The van der Waals surface area contributed by atoms with Gasteiger partial charge < -0.3 is 4.42 Å². The zero-order chi connectivity index (χ0) is 12.4. The largest absolute Gasteiger partial charge is 0.466 e. The molecule has 92 valence electrons. The zero-order valence-electron chi connectivity index (χ0n) is 10.3. The summed E-state index contributed by atoms with van der Waals surface area (Å²) in [7, 11) is 0. The Hall–Kier alpha value is -1.17. The number of nitrogens with one attached hydrogen (secondary N) is 1. The van der Waals surface area contributed by atoms with Crippen LogP contribution in [0.2, 0.25) is 0 Å². The Morgan fingerprint density at radius 3 is 2.71 bits per heavy atom. The molecular weight excluding hydrogens is 234 g/mol. The van der Waals surface area contributed by atoms with Gasteiger partial charge in [0.05, 0.1) is 16.7 Å². The lowest BCUT2D eigenvalue weighted by atomic mass is 10.0. The number of hydrazine groups is 1. The fraction of sp³-hybridized carbons (Fsp3) is 0.417. The van der Waals surface area contributed by atoms with E-state index in [1.54, 1.807) is 11.3 Å². The number of nitrogens with two attached hydrogens (primary N) is 1. The average Bonchev–Trinajstić information content (AvgIpc) is 2.82. The average molecular weight is 251 g/mol. The maximum absolute atomic E-state index is 5.62. The van der Waals surface area contributed by atoms with Gasteiger partial charge >= 0.3 is 0 Å². The van der Waals surface area contributed by atoms with Gasteiger partial charge in [0.15, 0.2) is 0 Å². The van der Waals surface area contributed by atoms with Crippen molar-refractivity contribution in [3.8, 4) is 0 Å². The van der Waals surface area contributed by atoms with Crippen molar-refractivity contribution in [1.29, 1.82) is 0 Å². The molecule has 0 amide bonds. The number of hydrogen-bond donors (Lipinski definition) is 2. The number of hydrogen-bond acceptors (Lipinski definition) is 5. The maximum Gasteiger partial charge on any atom is 0.105 e. The van der Waals surface area contributed by atoms with E-state index in [2.05, 4.69) is 15.8 Å². The summed E-state index contributed by atoms with van der Waals surface area (Å²) in [6.07, 6.45) is 0.778. The second-order valence-electron chi connectivity index (χ2n) is 4.15. The van der Waals surface area contributed by atoms with Gasteiger partial charge in [0.25, 0.3) is 0 Å². The van der Waals surface area contributed by atoms with Gasteiger partial charge in [0, 0.05) is 17.4 Å². The lowest BCUT2D eigenvalue weighted by Gasteiger charge is -2.13. The Labute approximate surface area is 105 Å². The van der Waals surface area contributed by atoms with Crippen LogP contribution in [-0.4, -0.2) is 4.98 Å². The molecule has 0 bridgehead atoms. The van der Waals surface area contributed by atoms with Gasteiger partial charge in [-0.1, -0.05) is 0 Å². The van der Waals surface area contributed by atoms with Crippen molar-refractivity contribution in [2.45, 2.75) is 33.2 Å². The summed E-state index contributed by atoms with van der Waals surface area (Å²) >= 11 is 1.66. The molecule has 2 aromatic rings. The molecule has 0 fully saturated rings. The second kappa shape index (κ2) is 5.00. The monoisotopic (exact) mass is 251 g/mol. The van der Waals surface area contributed by atoms with E-state index in [9.17, 15) is 0 Å². The van der Waals surface area contributed by atoms with E-state index in [1.807, 2.05) is 26.8 Å². The third kappa shape index (κ3) is 2.74. The highest BCUT2D eigenvalue weighted by molar-refractivity contribution is 7.09. The first-order valence-electron chi connectivity index (χ1n) is 5.54. The molecule has 1 atom stereocenters. The minimum absolute atomic E-state index is 0.0500. The Morgan fingerprint density at radius 1 is 1.47 bits per heavy atom. The third-order valence-corrected chi connectivity index (χ3v) is 3.56. The van der Waals surface area contributed by atoms with Gasteiger partial charge in [-0.05, 0) is 26.8 Å². The first kappa shape index (κ1) is 12.3. The number of nitrogens with zero attached hydrogens (tertiary/aromatic N) is 1. The van der Waals surface area contributed by atoms with E-state index in [-0.39, 0.29) is 6.04 Å². The summed E-state index contributed by atoms with van der Waals surface area (Å²) < 4.78 is 5.53. The minimum Gasteiger partial charge on any atom is -0.466 e. The molecule has 0 aliphatic carbocycles. The van der Waals surface area contributed by atoms with E-state index >= 15 is 0 Å². The van der Waals surface area contributed by atoms with Crippen LogP contribution < -0.4 is 11.3 Å². The molecule has 2 aromatic heterocycles. The second-order valence-corrected chi connectivity index (χ2v) is 5.21. The Kier molecular flexibility index (Phi) is 3.61. The lowest BCUT2D eigenvalue weighted by Crippen LogP contribution is -2.29. The van der Waals surface area contributed by atoms with Crippen LogP contribution in [0.15, 0.2) is 15.9 Å². The summed E-state index contributed by atoms with van der Waals surface area (Å²) in [6.45, 7) is 5.91. The van der Waals surface area contributed by atoms with Crippen molar-refractivity contribution in [3.05, 3.63) is 39.2 Å². The first-order valence-corrected chi connectivity index (χ1v) is 6.42. The number of furan rings is 1. The van der Waals surface area contributed by atoms with E-state index in [0.29, 0.717) is 0 Å². The van der Waals surface area contributed by atoms with Crippen molar-refractivity contribution < 1.29 is 4.42 Å². The smallest absolute Gasteiger partial charge is 0.105 e. The molecule has 5 heteroatoms. The van der Waals surface area contributed by atoms with Crippen LogP contribution in [0.1, 0.15) is 33.8 Å². The summed E-state index contributed by atoms with van der Waals surface area (Å²) in [5, 5.41) is 3.15. The molecule has 0 aliphatic rings. The number of rotatable bonds is 4.